The molecule has 0 fully saturated rings. The molecular formula is C14H9F2N3O2. The first-order chi connectivity index (χ1) is 9.99. The van der Waals surface area contributed by atoms with Gasteiger partial charge < -0.3 is 5.32 Å². The van der Waals surface area contributed by atoms with E-state index in [-0.39, 0.29) is 23.5 Å². The van der Waals surface area contributed by atoms with Crippen molar-refractivity contribution in [1.82, 2.24) is 0 Å². The van der Waals surface area contributed by atoms with E-state index in [1.54, 1.807) is 6.07 Å². The third-order valence-electron chi connectivity index (χ3n) is 2.74. The number of nitrogens with one attached hydrogen (secondary N) is 1. The van der Waals surface area contributed by atoms with E-state index in [4.69, 9.17) is 5.26 Å². The molecule has 0 saturated carbocycles. The molecule has 0 amide bonds. The van der Waals surface area contributed by atoms with Gasteiger partial charge in [0.05, 0.1) is 16.6 Å². The van der Waals surface area contributed by atoms with Gasteiger partial charge in [-0.15, -0.1) is 0 Å². The molecule has 21 heavy (non-hydrogen) atoms. The van der Waals surface area contributed by atoms with Gasteiger partial charge in [0, 0.05) is 18.3 Å². The van der Waals surface area contributed by atoms with E-state index in [1.807, 2.05) is 0 Å². The van der Waals surface area contributed by atoms with Gasteiger partial charge in [0.1, 0.15) is 17.7 Å². The highest BCUT2D eigenvalue weighted by atomic mass is 19.1. The Morgan fingerprint density at radius 3 is 2.67 bits per heavy atom. The first kappa shape index (κ1) is 14.4. The van der Waals surface area contributed by atoms with E-state index in [0.717, 1.165) is 18.2 Å². The minimum Gasteiger partial charge on any atom is -0.381 e. The molecule has 0 bridgehead atoms. The zero-order valence-electron chi connectivity index (χ0n) is 10.6. The van der Waals surface area contributed by atoms with E-state index in [0.29, 0.717) is 5.56 Å². The lowest BCUT2D eigenvalue weighted by molar-refractivity contribution is -0.385. The Morgan fingerprint density at radius 1 is 1.24 bits per heavy atom. The number of nitro benzene ring substituents is 1. The Hall–Kier alpha value is -3.01. The van der Waals surface area contributed by atoms with Gasteiger partial charge in [0.25, 0.3) is 5.69 Å². The second kappa shape index (κ2) is 5.96. The third kappa shape index (κ3) is 3.51. The van der Waals surface area contributed by atoms with Crippen molar-refractivity contribution in [3.05, 3.63) is 69.3 Å². The van der Waals surface area contributed by atoms with Crippen molar-refractivity contribution in [2.75, 3.05) is 5.32 Å². The van der Waals surface area contributed by atoms with Crippen LogP contribution in [0.3, 0.4) is 0 Å². The van der Waals surface area contributed by atoms with Crippen molar-refractivity contribution in [3.63, 3.8) is 0 Å². The molecule has 0 aliphatic heterocycles. The van der Waals surface area contributed by atoms with Crippen molar-refractivity contribution in [1.29, 1.82) is 5.26 Å². The summed E-state index contributed by atoms with van der Waals surface area (Å²) in [6, 6.07) is 8.82. The maximum atomic E-state index is 13.2. The van der Waals surface area contributed by atoms with Gasteiger partial charge in [-0.1, -0.05) is 6.07 Å². The zero-order valence-corrected chi connectivity index (χ0v) is 10.6. The van der Waals surface area contributed by atoms with Gasteiger partial charge >= 0.3 is 0 Å². The predicted molar refractivity (Wildman–Crippen MR) is 71.5 cm³/mol. The minimum absolute atomic E-state index is 0.0977. The first-order valence-corrected chi connectivity index (χ1v) is 5.87. The van der Waals surface area contributed by atoms with Crippen molar-refractivity contribution in [2.24, 2.45) is 0 Å². The summed E-state index contributed by atoms with van der Waals surface area (Å²) in [5, 5.41) is 22.2. The Bertz CT molecular complexity index is 741. The van der Waals surface area contributed by atoms with Gasteiger partial charge in [0.2, 0.25) is 0 Å². The molecule has 0 radical (unpaired) electrons. The van der Waals surface area contributed by atoms with Crippen LogP contribution >= 0.6 is 0 Å². The quantitative estimate of drug-likeness (QED) is 0.691. The topological polar surface area (TPSA) is 79.0 Å². The number of anilines is 1. The predicted octanol–water partition coefficient (Wildman–Crippen LogP) is 3.36. The summed E-state index contributed by atoms with van der Waals surface area (Å²) >= 11 is 0. The maximum absolute atomic E-state index is 13.2. The number of halogens is 2. The number of hydrogen-bond donors (Lipinski definition) is 1. The number of nitrogens with zero attached hydrogens (tertiary/aromatic N) is 2. The molecule has 0 spiro atoms. The van der Waals surface area contributed by atoms with Crippen LogP contribution in [0.4, 0.5) is 20.2 Å². The molecule has 2 aromatic rings. The molecule has 0 aliphatic rings. The van der Waals surface area contributed by atoms with Crippen LogP contribution in [0.15, 0.2) is 36.4 Å². The second-order valence-electron chi connectivity index (χ2n) is 4.23. The van der Waals surface area contributed by atoms with E-state index in [2.05, 4.69) is 5.32 Å². The van der Waals surface area contributed by atoms with Gasteiger partial charge in [-0.2, -0.15) is 5.26 Å². The van der Waals surface area contributed by atoms with Gasteiger partial charge in [-0.3, -0.25) is 10.1 Å². The summed E-state index contributed by atoms with van der Waals surface area (Å²) in [5.74, 6) is -1.36. The fraction of sp³-hybridized carbons (Fsp3) is 0.0714. The van der Waals surface area contributed by atoms with Crippen LogP contribution < -0.4 is 5.32 Å². The summed E-state index contributed by atoms with van der Waals surface area (Å²) in [5.41, 5.74) is 0.359. The second-order valence-corrected chi connectivity index (χ2v) is 4.23. The lowest BCUT2D eigenvalue weighted by Gasteiger charge is -2.07. The Morgan fingerprint density at radius 2 is 2.00 bits per heavy atom. The summed E-state index contributed by atoms with van der Waals surface area (Å²) in [6.45, 7) is 0.176. The van der Waals surface area contributed by atoms with Crippen LogP contribution in [0.1, 0.15) is 11.1 Å². The molecule has 2 rings (SSSR count). The lowest BCUT2D eigenvalue weighted by Crippen LogP contribution is -2.01. The molecule has 7 heteroatoms. The number of nitriles is 1. The molecule has 0 aliphatic carbocycles. The normalized spacial score (nSPS) is 9.95. The highest BCUT2D eigenvalue weighted by Gasteiger charge is 2.10. The number of nitro groups is 1. The van der Waals surface area contributed by atoms with E-state index >= 15 is 0 Å². The molecule has 0 heterocycles. The van der Waals surface area contributed by atoms with Crippen molar-refractivity contribution in [2.45, 2.75) is 6.54 Å². The number of benzene rings is 2. The molecule has 2 aromatic carbocycles. The van der Waals surface area contributed by atoms with Crippen LogP contribution in [-0.2, 0) is 6.54 Å². The van der Waals surface area contributed by atoms with Crippen LogP contribution in [-0.4, -0.2) is 4.92 Å². The van der Waals surface area contributed by atoms with Gasteiger partial charge in [-0.05, 0) is 23.8 Å². The van der Waals surface area contributed by atoms with Crippen LogP contribution in [0.25, 0.3) is 0 Å². The first-order valence-electron chi connectivity index (χ1n) is 5.87. The standard InChI is InChI=1S/C14H9F2N3O2/c15-11-4-12(6-13(5-11)19(20)21)18-8-9-1-2-14(16)10(3-9)7-17/h1-6,18H,8H2. The Kier molecular flexibility index (Phi) is 4.09. The summed E-state index contributed by atoms with van der Waals surface area (Å²) < 4.78 is 26.4. The molecule has 0 atom stereocenters. The average Bonchev–Trinajstić information content (AvgIpc) is 2.45. The largest absolute Gasteiger partial charge is 0.381 e. The SMILES string of the molecule is N#Cc1cc(CNc2cc(F)cc([N+](=O)[O-])c2)ccc1F. The zero-order chi connectivity index (χ0) is 15.4. The molecule has 5 nitrogen and oxygen atoms in total. The Balaban J connectivity index is 2.17. The van der Waals surface area contributed by atoms with Crippen LogP contribution in [0.5, 0.6) is 0 Å². The number of non-ortho nitro benzene ring substituents is 1. The van der Waals surface area contributed by atoms with Crippen molar-refractivity contribution < 1.29 is 13.7 Å². The summed E-state index contributed by atoms with van der Waals surface area (Å²) in [6.07, 6.45) is 0. The third-order valence-corrected chi connectivity index (χ3v) is 2.74. The maximum Gasteiger partial charge on any atom is 0.274 e. The smallest absolute Gasteiger partial charge is 0.274 e. The molecule has 1 N–H and O–H groups in total. The molecule has 0 aromatic heterocycles. The van der Waals surface area contributed by atoms with E-state index in [9.17, 15) is 18.9 Å². The molecule has 106 valence electrons. The highest BCUT2D eigenvalue weighted by Crippen LogP contribution is 2.21. The summed E-state index contributed by atoms with van der Waals surface area (Å²) in [7, 11) is 0. The van der Waals surface area contributed by atoms with E-state index < -0.39 is 16.6 Å². The van der Waals surface area contributed by atoms with Crippen molar-refractivity contribution >= 4 is 11.4 Å². The molecule has 0 saturated heterocycles. The van der Waals surface area contributed by atoms with Crippen LogP contribution in [0, 0.1) is 33.1 Å². The van der Waals surface area contributed by atoms with Crippen molar-refractivity contribution in [3.8, 4) is 6.07 Å². The van der Waals surface area contributed by atoms with Gasteiger partial charge in [-0.25, -0.2) is 8.78 Å². The number of hydrogen-bond acceptors (Lipinski definition) is 4. The fourth-order valence-corrected chi connectivity index (χ4v) is 1.75. The summed E-state index contributed by atoms with van der Waals surface area (Å²) in [4.78, 5) is 9.94. The number of rotatable bonds is 4. The van der Waals surface area contributed by atoms with Gasteiger partial charge in [0.15, 0.2) is 0 Å². The van der Waals surface area contributed by atoms with Crippen LogP contribution in [0.2, 0.25) is 0 Å². The Labute approximate surface area is 118 Å². The highest BCUT2D eigenvalue weighted by molar-refractivity contribution is 5.52. The lowest BCUT2D eigenvalue weighted by atomic mass is 10.1. The molecule has 0 unspecified atom stereocenters. The minimum atomic E-state index is -0.733. The average molecular weight is 289 g/mol. The fourth-order valence-electron chi connectivity index (χ4n) is 1.75. The monoisotopic (exact) mass is 289 g/mol. The molecular weight excluding hydrogens is 280 g/mol. The van der Waals surface area contributed by atoms with E-state index in [1.165, 1.54) is 18.2 Å².